The molecule has 11 nitrogen and oxygen atoms in total. The minimum Gasteiger partial charge on any atom is -0.455 e. The number of nitrogens with zero attached hydrogens (tertiary/aromatic N) is 2. The van der Waals surface area contributed by atoms with Gasteiger partial charge in [-0.05, 0) is 62.8 Å². The number of allylic oxidation sites excluding steroid dienone is 1. The Hall–Kier alpha value is -4.32. The summed E-state index contributed by atoms with van der Waals surface area (Å²) >= 11 is 0. The third kappa shape index (κ3) is 6.86. The number of esters is 1. The van der Waals surface area contributed by atoms with Crippen LogP contribution in [0.2, 0.25) is 0 Å². The van der Waals surface area contributed by atoms with Gasteiger partial charge >= 0.3 is 5.97 Å². The average molecular weight is 688 g/mol. The van der Waals surface area contributed by atoms with E-state index in [2.05, 4.69) is 18.5 Å². The Morgan fingerprint density at radius 1 is 1.16 bits per heavy atom. The minimum absolute atomic E-state index is 0.0550. The van der Waals surface area contributed by atoms with Crippen LogP contribution in [-0.4, -0.2) is 90.4 Å². The molecule has 8 atom stereocenters. The van der Waals surface area contributed by atoms with E-state index in [4.69, 9.17) is 14.2 Å². The summed E-state index contributed by atoms with van der Waals surface area (Å²) in [6.07, 6.45) is 3.18. The standard InChI is InChI=1S/C39H49N3O8/c1-7-9-15-31(44)40-28(23-48-6)34(27-13-11-10-12-14-27)49-38(47)32-30-18-19-39(50-30)33(32)36(45)42(26(5)22-43)35(39)37(46)41(20-8-2)29-21-24(3)16-17-25(29)4/h7-8,10-14,16-17,21,26,28,30,32-35,43H,1-2,9,15,18-20,22-23H2,3-6H3,(H,40,44)/t26-,28+,30+,32-,33-,34+,35+,39-/m1/s1. The summed E-state index contributed by atoms with van der Waals surface area (Å²) < 4.78 is 18.4. The molecule has 268 valence electrons. The van der Waals surface area contributed by atoms with E-state index in [1.165, 1.54) is 12.0 Å². The van der Waals surface area contributed by atoms with E-state index in [0.29, 0.717) is 30.5 Å². The Morgan fingerprint density at radius 2 is 1.90 bits per heavy atom. The fraction of sp³-hybridized carbons (Fsp3) is 0.487. The maximum Gasteiger partial charge on any atom is 0.313 e. The van der Waals surface area contributed by atoms with E-state index >= 15 is 0 Å². The first-order valence-corrected chi connectivity index (χ1v) is 17.3. The second-order valence-corrected chi connectivity index (χ2v) is 13.6. The van der Waals surface area contributed by atoms with E-state index in [1.807, 2.05) is 50.2 Å². The number of hydrogen-bond acceptors (Lipinski definition) is 8. The van der Waals surface area contributed by atoms with Gasteiger partial charge in [0.05, 0.1) is 43.2 Å². The van der Waals surface area contributed by atoms with Gasteiger partial charge in [0.15, 0.2) is 0 Å². The molecule has 2 aromatic rings. The maximum atomic E-state index is 14.8. The van der Waals surface area contributed by atoms with Crippen molar-refractivity contribution in [2.45, 2.75) is 82.4 Å². The first kappa shape index (κ1) is 36.9. The lowest BCUT2D eigenvalue weighted by atomic mass is 9.70. The molecule has 1 spiro atoms. The molecule has 11 heteroatoms. The van der Waals surface area contributed by atoms with Crippen molar-refractivity contribution >= 4 is 29.4 Å². The molecule has 0 saturated carbocycles. The minimum atomic E-state index is -1.31. The van der Waals surface area contributed by atoms with Crippen LogP contribution in [0.5, 0.6) is 0 Å². The molecule has 3 saturated heterocycles. The zero-order valence-electron chi connectivity index (χ0n) is 29.4. The number of anilines is 1. The summed E-state index contributed by atoms with van der Waals surface area (Å²) in [4.78, 5) is 59.7. The third-order valence-electron chi connectivity index (χ3n) is 10.2. The molecule has 2 N–H and O–H groups in total. The molecule has 50 heavy (non-hydrogen) atoms. The fourth-order valence-corrected chi connectivity index (χ4v) is 7.92. The molecule has 5 rings (SSSR count). The number of aryl methyl sites for hydroxylation is 2. The van der Waals surface area contributed by atoms with Gasteiger partial charge in [-0.2, -0.15) is 0 Å². The number of aliphatic hydroxyl groups is 1. The highest BCUT2D eigenvalue weighted by Crippen LogP contribution is 2.59. The van der Waals surface area contributed by atoms with Crippen molar-refractivity contribution < 1.29 is 38.5 Å². The van der Waals surface area contributed by atoms with Crippen molar-refractivity contribution in [3.8, 4) is 0 Å². The summed E-state index contributed by atoms with van der Waals surface area (Å²) in [5, 5.41) is 13.3. The van der Waals surface area contributed by atoms with E-state index in [9.17, 15) is 24.3 Å². The van der Waals surface area contributed by atoms with Gasteiger partial charge in [-0.1, -0.05) is 54.6 Å². The second-order valence-electron chi connectivity index (χ2n) is 13.6. The molecule has 0 unspecified atom stereocenters. The first-order valence-electron chi connectivity index (χ1n) is 17.3. The van der Waals surface area contributed by atoms with Gasteiger partial charge in [-0.15, -0.1) is 13.2 Å². The maximum absolute atomic E-state index is 14.8. The van der Waals surface area contributed by atoms with Crippen LogP contribution in [0, 0.1) is 25.7 Å². The Bertz CT molecular complexity index is 1600. The number of benzene rings is 2. The Morgan fingerprint density at radius 3 is 2.56 bits per heavy atom. The lowest BCUT2D eigenvalue weighted by molar-refractivity contribution is -0.163. The topological polar surface area (TPSA) is 135 Å². The van der Waals surface area contributed by atoms with Gasteiger partial charge in [0.1, 0.15) is 17.7 Å². The third-order valence-corrected chi connectivity index (χ3v) is 10.2. The molecule has 3 heterocycles. The Balaban J connectivity index is 1.51. The Kier molecular flexibility index (Phi) is 11.6. The quantitative estimate of drug-likeness (QED) is 0.200. The monoisotopic (exact) mass is 687 g/mol. The number of aliphatic hydroxyl groups excluding tert-OH is 1. The molecule has 3 amide bonds. The summed E-state index contributed by atoms with van der Waals surface area (Å²) in [5.74, 6) is -3.74. The second kappa shape index (κ2) is 15.7. The van der Waals surface area contributed by atoms with Crippen LogP contribution in [0.25, 0.3) is 0 Å². The largest absolute Gasteiger partial charge is 0.455 e. The van der Waals surface area contributed by atoms with Gasteiger partial charge in [-0.3, -0.25) is 19.2 Å². The molecule has 3 fully saturated rings. The molecule has 0 aromatic heterocycles. The molecule has 2 aromatic carbocycles. The smallest absolute Gasteiger partial charge is 0.313 e. The van der Waals surface area contributed by atoms with Crippen LogP contribution in [0.4, 0.5) is 5.69 Å². The van der Waals surface area contributed by atoms with Gasteiger partial charge < -0.3 is 34.4 Å². The van der Waals surface area contributed by atoms with Gasteiger partial charge in [0.25, 0.3) is 5.91 Å². The number of amides is 3. The van der Waals surface area contributed by atoms with E-state index in [1.54, 1.807) is 36.1 Å². The molecular weight excluding hydrogens is 638 g/mol. The van der Waals surface area contributed by atoms with E-state index < -0.39 is 59.6 Å². The molecular formula is C39H49N3O8. The molecule has 0 aliphatic carbocycles. The zero-order valence-corrected chi connectivity index (χ0v) is 29.4. The van der Waals surface area contributed by atoms with Crippen LogP contribution in [0.3, 0.4) is 0 Å². The number of rotatable bonds is 16. The highest BCUT2D eigenvalue weighted by molar-refractivity contribution is 6.05. The highest BCUT2D eigenvalue weighted by Gasteiger charge is 2.75. The van der Waals surface area contributed by atoms with Gasteiger partial charge in [0.2, 0.25) is 11.8 Å². The number of carbonyl (C=O) groups is 4. The van der Waals surface area contributed by atoms with Crippen molar-refractivity contribution in [3.05, 3.63) is 90.5 Å². The molecule has 3 aliphatic rings. The molecule has 3 aliphatic heterocycles. The number of fused-ring (bicyclic) bond motifs is 1. The summed E-state index contributed by atoms with van der Waals surface area (Å²) in [6.45, 7) is 13.0. The predicted molar refractivity (Wildman–Crippen MR) is 188 cm³/mol. The SMILES string of the molecule is C=CCCC(=O)N[C@@H](COC)[C@@H](OC(=O)[C@@H]1[C@@H]2CC[C@]3(O2)[C@H](C(=O)N(CC=C)c2cc(C)ccc2C)N([C@H](C)CO)C(=O)[C@@H]13)c1ccccc1. The predicted octanol–water partition coefficient (Wildman–Crippen LogP) is 3.96. The van der Waals surface area contributed by atoms with E-state index in [-0.39, 0.29) is 38.0 Å². The van der Waals surface area contributed by atoms with Crippen LogP contribution in [0.15, 0.2) is 73.8 Å². The van der Waals surface area contributed by atoms with Crippen LogP contribution < -0.4 is 10.2 Å². The number of methoxy groups -OCH3 is 1. The molecule has 2 bridgehead atoms. The number of likely N-dealkylation sites (tertiary alicyclic amines) is 1. The fourth-order valence-electron chi connectivity index (χ4n) is 7.92. The lowest BCUT2D eigenvalue weighted by Gasteiger charge is -2.38. The number of hydrogen-bond donors (Lipinski definition) is 2. The summed E-state index contributed by atoms with van der Waals surface area (Å²) in [5.41, 5.74) is 1.85. The van der Waals surface area contributed by atoms with Crippen molar-refractivity contribution in [2.75, 3.05) is 31.8 Å². The van der Waals surface area contributed by atoms with Crippen molar-refractivity contribution in [1.29, 1.82) is 0 Å². The van der Waals surface area contributed by atoms with Crippen molar-refractivity contribution in [1.82, 2.24) is 10.2 Å². The normalized spacial score (nSPS) is 25.4. The molecule has 0 radical (unpaired) electrons. The highest BCUT2D eigenvalue weighted by atomic mass is 16.6. The zero-order chi connectivity index (χ0) is 36.2. The van der Waals surface area contributed by atoms with Crippen LogP contribution in [-0.2, 0) is 33.4 Å². The van der Waals surface area contributed by atoms with Gasteiger partial charge in [0, 0.05) is 25.8 Å². The van der Waals surface area contributed by atoms with Crippen LogP contribution >= 0.6 is 0 Å². The van der Waals surface area contributed by atoms with Crippen molar-refractivity contribution in [3.63, 3.8) is 0 Å². The van der Waals surface area contributed by atoms with E-state index in [0.717, 1.165) is 11.1 Å². The number of nitrogens with one attached hydrogen (secondary N) is 1. The Labute approximate surface area is 294 Å². The first-order chi connectivity index (χ1) is 24.0. The average Bonchev–Trinajstić information content (AvgIpc) is 3.76. The van der Waals surface area contributed by atoms with Gasteiger partial charge in [-0.25, -0.2) is 0 Å². The van der Waals surface area contributed by atoms with Crippen LogP contribution in [0.1, 0.15) is 55.4 Å². The summed E-state index contributed by atoms with van der Waals surface area (Å²) in [6, 6.07) is 12.3. The summed E-state index contributed by atoms with van der Waals surface area (Å²) in [7, 11) is 1.50. The van der Waals surface area contributed by atoms with Crippen molar-refractivity contribution in [2.24, 2.45) is 11.8 Å². The lowest BCUT2D eigenvalue weighted by Crippen LogP contribution is -2.58. The number of carbonyl (C=O) groups excluding carboxylic acids is 4. The number of ether oxygens (including phenoxy) is 3.